The van der Waals surface area contributed by atoms with Crippen LogP contribution in [0.2, 0.25) is 0 Å². The van der Waals surface area contributed by atoms with Crippen LogP contribution in [0.25, 0.3) is 0 Å². The van der Waals surface area contributed by atoms with Crippen molar-refractivity contribution in [2.75, 3.05) is 32.3 Å². The molecule has 0 radical (unpaired) electrons. The predicted octanol–water partition coefficient (Wildman–Crippen LogP) is 0.520. The predicted molar refractivity (Wildman–Crippen MR) is 104 cm³/mol. The normalized spacial score (nSPS) is 46.2. The molecule has 4 fully saturated rings. The summed E-state index contributed by atoms with van der Waals surface area (Å²) in [6, 6.07) is 3.93. The van der Waals surface area contributed by atoms with Gasteiger partial charge in [-0.2, -0.15) is 0 Å². The number of anilines is 1. The minimum Gasteiger partial charge on any atom is -0.467 e. The second kappa shape index (κ2) is 4.95. The number of carbonyl (C=O) groups is 1. The van der Waals surface area contributed by atoms with E-state index in [1.807, 2.05) is 18.2 Å². The van der Waals surface area contributed by atoms with Crippen LogP contribution in [0.15, 0.2) is 24.3 Å². The zero-order chi connectivity index (χ0) is 20.5. The second-order valence-corrected chi connectivity index (χ2v) is 9.55. The van der Waals surface area contributed by atoms with Gasteiger partial charge in [-0.25, -0.2) is 4.79 Å². The van der Waals surface area contributed by atoms with E-state index in [4.69, 9.17) is 14.2 Å². The van der Waals surface area contributed by atoms with E-state index in [0.29, 0.717) is 24.3 Å². The van der Waals surface area contributed by atoms with Crippen molar-refractivity contribution >= 4 is 11.7 Å². The van der Waals surface area contributed by atoms with Crippen LogP contribution in [0, 0.1) is 5.41 Å². The van der Waals surface area contributed by atoms with E-state index < -0.39 is 34.0 Å². The van der Waals surface area contributed by atoms with Crippen LogP contribution in [0.5, 0.6) is 11.5 Å². The number of aliphatic hydroxyl groups is 2. The molecule has 4 heterocycles. The van der Waals surface area contributed by atoms with E-state index >= 15 is 0 Å². The van der Waals surface area contributed by atoms with Crippen molar-refractivity contribution in [1.29, 1.82) is 0 Å². The van der Waals surface area contributed by atoms with E-state index in [1.54, 1.807) is 0 Å². The van der Waals surface area contributed by atoms with Gasteiger partial charge in [0.15, 0.2) is 11.5 Å². The zero-order valence-corrected chi connectivity index (χ0v) is 16.7. The van der Waals surface area contributed by atoms with Crippen molar-refractivity contribution in [3.63, 3.8) is 0 Å². The summed E-state index contributed by atoms with van der Waals surface area (Å²) in [4.78, 5) is 15.6. The number of carbonyl (C=O) groups excluding carboxylic acids is 1. The molecule has 0 amide bonds. The Morgan fingerprint density at radius 3 is 3.00 bits per heavy atom. The van der Waals surface area contributed by atoms with Crippen LogP contribution < -0.4 is 14.8 Å². The first-order valence-corrected chi connectivity index (χ1v) is 10.6. The van der Waals surface area contributed by atoms with Gasteiger partial charge in [0, 0.05) is 23.4 Å². The Kier molecular flexibility index (Phi) is 2.87. The van der Waals surface area contributed by atoms with Gasteiger partial charge in [-0.3, -0.25) is 4.90 Å². The van der Waals surface area contributed by atoms with Gasteiger partial charge >= 0.3 is 5.97 Å². The van der Waals surface area contributed by atoms with Crippen LogP contribution in [0.3, 0.4) is 0 Å². The molecule has 3 saturated carbocycles. The topological polar surface area (TPSA) is 100 Å². The number of esters is 1. The molecule has 6 unspecified atom stereocenters. The highest BCUT2D eigenvalue weighted by atomic mass is 16.7. The summed E-state index contributed by atoms with van der Waals surface area (Å²) in [6.07, 6.45) is 4.81. The van der Waals surface area contributed by atoms with Gasteiger partial charge in [0.25, 0.3) is 0 Å². The molecule has 1 aromatic carbocycles. The maximum atomic E-state index is 13.2. The molecule has 158 valence electrons. The van der Waals surface area contributed by atoms with Gasteiger partial charge in [0.2, 0.25) is 12.4 Å². The van der Waals surface area contributed by atoms with Gasteiger partial charge in [-0.1, -0.05) is 18.2 Å². The van der Waals surface area contributed by atoms with Crippen LogP contribution >= 0.6 is 0 Å². The first kappa shape index (κ1) is 17.4. The summed E-state index contributed by atoms with van der Waals surface area (Å²) in [5.74, 6) is 0.477. The molecule has 1 aromatic rings. The molecular weight excluding hydrogens is 388 g/mol. The highest BCUT2D eigenvalue weighted by molar-refractivity contribution is 5.90. The molecule has 8 rings (SSSR count). The average molecular weight is 412 g/mol. The highest BCUT2D eigenvalue weighted by Gasteiger charge is 2.87. The number of benzene rings is 1. The summed E-state index contributed by atoms with van der Waals surface area (Å²) in [6.45, 7) is 1.77. The third-order valence-electron chi connectivity index (χ3n) is 9.01. The quantitative estimate of drug-likeness (QED) is 0.454. The summed E-state index contributed by atoms with van der Waals surface area (Å²) in [5.41, 5.74) is -2.67. The van der Waals surface area contributed by atoms with Crippen LogP contribution in [0.1, 0.15) is 24.8 Å². The lowest BCUT2D eigenvalue weighted by Crippen LogP contribution is -2.88. The van der Waals surface area contributed by atoms with Gasteiger partial charge < -0.3 is 29.7 Å². The monoisotopic (exact) mass is 412 g/mol. The minimum atomic E-state index is -2.10. The van der Waals surface area contributed by atoms with Crippen molar-refractivity contribution in [1.82, 2.24) is 4.90 Å². The molecule has 3 aliphatic carbocycles. The molecular formula is C22H24N2O6. The number of rotatable bonds is 1. The van der Waals surface area contributed by atoms with Crippen molar-refractivity contribution < 1.29 is 29.2 Å². The first-order chi connectivity index (χ1) is 14.5. The molecule has 6 atom stereocenters. The number of ether oxygens (including phenoxy) is 3. The molecule has 8 heteroatoms. The molecule has 3 spiro atoms. The van der Waals surface area contributed by atoms with E-state index in [0.717, 1.165) is 30.8 Å². The maximum Gasteiger partial charge on any atom is 0.343 e. The van der Waals surface area contributed by atoms with E-state index in [-0.39, 0.29) is 12.8 Å². The molecule has 8 nitrogen and oxygen atoms in total. The number of fused-ring (bicyclic) bond motifs is 5. The van der Waals surface area contributed by atoms with Crippen LogP contribution in [-0.4, -0.2) is 71.4 Å². The molecule has 4 aliphatic heterocycles. The number of nitrogens with one attached hydrogen (secondary N) is 1. The van der Waals surface area contributed by atoms with Gasteiger partial charge in [0.05, 0.1) is 18.3 Å². The molecule has 2 bridgehead atoms. The van der Waals surface area contributed by atoms with Crippen molar-refractivity contribution in [2.24, 2.45) is 5.41 Å². The van der Waals surface area contributed by atoms with Gasteiger partial charge in [-0.15, -0.1) is 0 Å². The second-order valence-electron chi connectivity index (χ2n) is 9.55. The van der Waals surface area contributed by atoms with Crippen LogP contribution in [-0.2, 0) is 14.9 Å². The average Bonchev–Trinajstić information content (AvgIpc) is 3.47. The van der Waals surface area contributed by atoms with Gasteiger partial charge in [-0.05, 0) is 37.4 Å². The lowest BCUT2D eigenvalue weighted by molar-refractivity contribution is -0.258. The summed E-state index contributed by atoms with van der Waals surface area (Å²) >= 11 is 0. The third kappa shape index (κ3) is 1.40. The Hall–Kier alpha value is -2.29. The molecule has 0 aromatic heterocycles. The largest absolute Gasteiger partial charge is 0.467 e. The number of aliphatic hydroxyl groups excluding tert-OH is 1. The third-order valence-corrected chi connectivity index (χ3v) is 9.01. The van der Waals surface area contributed by atoms with Crippen molar-refractivity contribution in [3.8, 4) is 11.5 Å². The Bertz CT molecular complexity index is 1040. The van der Waals surface area contributed by atoms with Gasteiger partial charge in [0.1, 0.15) is 6.10 Å². The fourth-order valence-electron chi connectivity index (χ4n) is 8.12. The lowest BCUT2D eigenvalue weighted by Gasteiger charge is -2.71. The number of nitrogens with zero attached hydrogens (tertiary/aromatic N) is 1. The molecule has 1 saturated heterocycles. The summed E-state index contributed by atoms with van der Waals surface area (Å²) in [7, 11) is 1.27. The standard InChI is InChI=1S/C22H24N2O6/c1-28-18(26)22(27)17(25)19-5-2-9-24-10-8-20(16(19)24)12-3-4-13-15(30-11-29-13)14(12)23-21(20,22)7-6-19/h2-5,16-17,23,25,27H,6-11H2,1H3. The maximum absolute atomic E-state index is 13.2. The number of methoxy groups -OCH3 is 1. The summed E-state index contributed by atoms with van der Waals surface area (Å²) < 4.78 is 16.5. The Balaban J connectivity index is 1.59. The van der Waals surface area contributed by atoms with Crippen LogP contribution in [0.4, 0.5) is 5.69 Å². The molecule has 3 N–H and O–H groups in total. The Morgan fingerprint density at radius 1 is 1.30 bits per heavy atom. The zero-order valence-electron chi connectivity index (χ0n) is 16.7. The molecule has 7 aliphatic rings. The number of hydrogen-bond acceptors (Lipinski definition) is 8. The van der Waals surface area contributed by atoms with Crippen molar-refractivity contribution in [2.45, 2.75) is 48.0 Å². The van der Waals surface area contributed by atoms with E-state index in [9.17, 15) is 15.0 Å². The fourth-order valence-corrected chi connectivity index (χ4v) is 8.12. The molecule has 30 heavy (non-hydrogen) atoms. The van der Waals surface area contributed by atoms with E-state index in [2.05, 4.69) is 16.3 Å². The minimum absolute atomic E-state index is 0.0298. The highest BCUT2D eigenvalue weighted by Crippen LogP contribution is 2.75. The smallest absolute Gasteiger partial charge is 0.343 e. The lowest BCUT2D eigenvalue weighted by atomic mass is 9.37. The van der Waals surface area contributed by atoms with E-state index in [1.165, 1.54) is 7.11 Å². The Labute approximate surface area is 173 Å². The number of hydrogen-bond donors (Lipinski definition) is 3. The summed E-state index contributed by atoms with van der Waals surface area (Å²) in [5, 5.41) is 27.3. The van der Waals surface area contributed by atoms with Crippen molar-refractivity contribution in [3.05, 3.63) is 29.8 Å². The fraction of sp³-hybridized carbons (Fsp3) is 0.591. The first-order valence-electron chi connectivity index (χ1n) is 10.6. The SMILES string of the molecule is COC(=O)C1(O)C(O)C23C=CCN4CCC5(c6ccc7c(c6NC15CC2)OCO7)C43. The Morgan fingerprint density at radius 2 is 2.17 bits per heavy atom.